The van der Waals surface area contributed by atoms with Gasteiger partial charge >= 0.3 is 0 Å². The van der Waals surface area contributed by atoms with Gasteiger partial charge < -0.3 is 10.6 Å². The lowest BCUT2D eigenvalue weighted by Crippen LogP contribution is -2.20. The molecule has 0 aliphatic carbocycles. The lowest BCUT2D eigenvalue weighted by atomic mass is 10.0. The molecule has 0 amide bonds. The zero-order chi connectivity index (χ0) is 15.5. The van der Waals surface area contributed by atoms with E-state index in [1.165, 1.54) is 43.5 Å². The lowest BCUT2D eigenvalue weighted by molar-refractivity contribution is 0.558. The summed E-state index contributed by atoms with van der Waals surface area (Å²) in [6, 6.07) is 21.6. The summed E-state index contributed by atoms with van der Waals surface area (Å²) in [6.45, 7) is 3.29. The third kappa shape index (κ3) is 6.21. The van der Waals surface area contributed by atoms with Crippen molar-refractivity contribution in [3.8, 4) is 0 Å². The van der Waals surface area contributed by atoms with Crippen molar-refractivity contribution < 1.29 is 0 Å². The van der Waals surface area contributed by atoms with Gasteiger partial charge in [-0.3, -0.25) is 0 Å². The van der Waals surface area contributed by atoms with Crippen molar-refractivity contribution in [2.45, 2.75) is 45.1 Å². The fraction of sp³-hybridized carbons (Fsp3) is 0.400. The summed E-state index contributed by atoms with van der Waals surface area (Å²) in [4.78, 5) is 0. The summed E-state index contributed by atoms with van der Waals surface area (Å²) >= 11 is 0. The third-order valence-electron chi connectivity index (χ3n) is 3.88. The number of hydrogen-bond acceptors (Lipinski definition) is 2. The summed E-state index contributed by atoms with van der Waals surface area (Å²) in [5.41, 5.74) is 2.45. The molecule has 2 aromatic rings. The highest BCUT2D eigenvalue weighted by atomic mass is 14.9. The molecule has 2 rings (SSSR count). The highest BCUT2D eigenvalue weighted by molar-refractivity contribution is 5.43. The number of rotatable bonds is 10. The quantitative estimate of drug-likeness (QED) is 0.562. The van der Waals surface area contributed by atoms with Crippen LogP contribution in [0.1, 0.15) is 39.0 Å². The lowest BCUT2D eigenvalue weighted by Gasteiger charge is -2.20. The van der Waals surface area contributed by atoms with E-state index in [0.717, 1.165) is 6.54 Å². The van der Waals surface area contributed by atoms with E-state index in [1.807, 2.05) is 0 Å². The van der Waals surface area contributed by atoms with Crippen LogP contribution in [-0.4, -0.2) is 12.6 Å². The SMILES string of the molecule is CCCCC(CCCNc1ccccc1)Nc1ccccc1. The largest absolute Gasteiger partial charge is 0.385 e. The van der Waals surface area contributed by atoms with Crippen LogP contribution in [0.3, 0.4) is 0 Å². The molecule has 2 N–H and O–H groups in total. The molecule has 1 atom stereocenters. The van der Waals surface area contributed by atoms with Crippen LogP contribution in [0.25, 0.3) is 0 Å². The van der Waals surface area contributed by atoms with E-state index in [2.05, 4.69) is 78.2 Å². The standard InChI is InChI=1S/C20H28N2/c1-2-3-11-19(22-20-14-8-5-9-15-20)16-10-17-21-18-12-6-4-7-13-18/h4-9,12-15,19,21-22H,2-3,10-11,16-17H2,1H3. The Morgan fingerprint density at radius 2 is 1.36 bits per heavy atom. The Kier molecular flexibility index (Phi) is 7.37. The van der Waals surface area contributed by atoms with Crippen molar-refractivity contribution in [1.29, 1.82) is 0 Å². The number of nitrogens with one attached hydrogen (secondary N) is 2. The van der Waals surface area contributed by atoms with E-state index >= 15 is 0 Å². The van der Waals surface area contributed by atoms with Gasteiger partial charge in [0.15, 0.2) is 0 Å². The third-order valence-corrected chi connectivity index (χ3v) is 3.88. The molecule has 0 saturated heterocycles. The topological polar surface area (TPSA) is 24.1 Å². The fourth-order valence-corrected chi connectivity index (χ4v) is 2.65. The summed E-state index contributed by atoms with van der Waals surface area (Å²) in [5.74, 6) is 0. The van der Waals surface area contributed by atoms with Gasteiger partial charge in [0.25, 0.3) is 0 Å². The predicted molar refractivity (Wildman–Crippen MR) is 97.5 cm³/mol. The van der Waals surface area contributed by atoms with Crippen molar-refractivity contribution in [3.63, 3.8) is 0 Å². The number of hydrogen-bond donors (Lipinski definition) is 2. The minimum Gasteiger partial charge on any atom is -0.385 e. The van der Waals surface area contributed by atoms with Crippen LogP contribution in [0.15, 0.2) is 60.7 Å². The molecule has 0 aromatic heterocycles. The van der Waals surface area contributed by atoms with Gasteiger partial charge in [0.05, 0.1) is 0 Å². The molecule has 0 heterocycles. The molecule has 0 spiro atoms. The predicted octanol–water partition coefficient (Wildman–Crippen LogP) is 5.55. The highest BCUT2D eigenvalue weighted by Gasteiger charge is 2.07. The maximum atomic E-state index is 3.68. The number of anilines is 2. The molecule has 2 aromatic carbocycles. The monoisotopic (exact) mass is 296 g/mol. The molecule has 0 radical (unpaired) electrons. The van der Waals surface area contributed by atoms with E-state index in [0.29, 0.717) is 6.04 Å². The fourth-order valence-electron chi connectivity index (χ4n) is 2.65. The molecule has 2 nitrogen and oxygen atoms in total. The first kappa shape index (κ1) is 16.4. The number of unbranched alkanes of at least 4 members (excludes halogenated alkanes) is 1. The van der Waals surface area contributed by atoms with Crippen molar-refractivity contribution in [2.24, 2.45) is 0 Å². The van der Waals surface area contributed by atoms with Gasteiger partial charge in [0.2, 0.25) is 0 Å². The minimum absolute atomic E-state index is 0.569. The Labute approximate surface area is 135 Å². The van der Waals surface area contributed by atoms with E-state index in [-0.39, 0.29) is 0 Å². The average Bonchev–Trinajstić information content (AvgIpc) is 2.58. The van der Waals surface area contributed by atoms with Crippen LogP contribution in [0.5, 0.6) is 0 Å². The molecular formula is C20H28N2. The smallest absolute Gasteiger partial charge is 0.0342 e. The minimum atomic E-state index is 0.569. The summed E-state index contributed by atoms with van der Waals surface area (Å²) < 4.78 is 0. The van der Waals surface area contributed by atoms with Crippen LogP contribution in [-0.2, 0) is 0 Å². The summed E-state index contributed by atoms with van der Waals surface area (Å²) in [7, 11) is 0. The van der Waals surface area contributed by atoms with Crippen LogP contribution in [0, 0.1) is 0 Å². The number of para-hydroxylation sites is 2. The summed E-state index contributed by atoms with van der Waals surface area (Å²) in [6.07, 6.45) is 6.18. The molecule has 1 unspecified atom stereocenters. The van der Waals surface area contributed by atoms with E-state index in [1.54, 1.807) is 0 Å². The van der Waals surface area contributed by atoms with Crippen molar-refractivity contribution >= 4 is 11.4 Å². The second-order valence-corrected chi connectivity index (χ2v) is 5.78. The van der Waals surface area contributed by atoms with Crippen molar-refractivity contribution in [3.05, 3.63) is 60.7 Å². The first-order valence-corrected chi connectivity index (χ1v) is 8.49. The van der Waals surface area contributed by atoms with Gasteiger partial charge in [-0.05, 0) is 43.5 Å². The van der Waals surface area contributed by atoms with Gasteiger partial charge in [-0.25, -0.2) is 0 Å². The molecule has 118 valence electrons. The van der Waals surface area contributed by atoms with Crippen molar-refractivity contribution in [1.82, 2.24) is 0 Å². The van der Waals surface area contributed by atoms with E-state index < -0.39 is 0 Å². The van der Waals surface area contributed by atoms with Gasteiger partial charge in [-0.1, -0.05) is 56.2 Å². The van der Waals surface area contributed by atoms with Gasteiger partial charge in [0.1, 0.15) is 0 Å². The zero-order valence-corrected chi connectivity index (χ0v) is 13.6. The van der Waals surface area contributed by atoms with Crippen LogP contribution in [0.2, 0.25) is 0 Å². The van der Waals surface area contributed by atoms with Gasteiger partial charge in [-0.2, -0.15) is 0 Å². The summed E-state index contributed by atoms with van der Waals surface area (Å²) in [5, 5.41) is 7.18. The number of benzene rings is 2. The Morgan fingerprint density at radius 1 is 0.773 bits per heavy atom. The molecule has 0 bridgehead atoms. The van der Waals surface area contributed by atoms with Crippen LogP contribution in [0.4, 0.5) is 11.4 Å². The maximum Gasteiger partial charge on any atom is 0.0342 e. The molecule has 0 aliphatic heterocycles. The Bertz CT molecular complexity index is 496. The van der Waals surface area contributed by atoms with Crippen LogP contribution >= 0.6 is 0 Å². The van der Waals surface area contributed by atoms with E-state index in [9.17, 15) is 0 Å². The normalized spacial score (nSPS) is 11.9. The average molecular weight is 296 g/mol. The molecular weight excluding hydrogens is 268 g/mol. The maximum absolute atomic E-state index is 3.68. The van der Waals surface area contributed by atoms with Gasteiger partial charge in [-0.15, -0.1) is 0 Å². The van der Waals surface area contributed by atoms with Crippen LogP contribution < -0.4 is 10.6 Å². The van der Waals surface area contributed by atoms with E-state index in [4.69, 9.17) is 0 Å². The first-order chi connectivity index (χ1) is 10.9. The Balaban J connectivity index is 1.74. The first-order valence-electron chi connectivity index (χ1n) is 8.49. The highest BCUT2D eigenvalue weighted by Crippen LogP contribution is 2.15. The molecule has 0 aliphatic rings. The molecule has 2 heteroatoms. The zero-order valence-electron chi connectivity index (χ0n) is 13.6. The molecule has 22 heavy (non-hydrogen) atoms. The molecule has 0 fully saturated rings. The molecule has 0 saturated carbocycles. The Morgan fingerprint density at radius 3 is 2.00 bits per heavy atom. The second kappa shape index (κ2) is 9.88. The second-order valence-electron chi connectivity index (χ2n) is 5.78. The van der Waals surface area contributed by atoms with Crippen molar-refractivity contribution in [2.75, 3.05) is 17.2 Å². The Hall–Kier alpha value is -1.96. The van der Waals surface area contributed by atoms with Gasteiger partial charge in [0, 0.05) is 24.0 Å².